The SMILES string of the molecule is COc1ccc2c(c1)no[n+]2[O-].COc1ccc2no[n+]([O-])c2c1. The van der Waals surface area contributed by atoms with Gasteiger partial charge in [0.05, 0.1) is 14.2 Å². The fourth-order valence-electron chi connectivity index (χ4n) is 1.96. The molecule has 0 atom stereocenters. The molecule has 0 aliphatic rings. The predicted octanol–water partition coefficient (Wildman–Crippen LogP) is 0.940. The van der Waals surface area contributed by atoms with E-state index in [4.69, 9.17) is 9.47 Å². The molecule has 0 aliphatic heterocycles. The molecule has 0 aliphatic carbocycles. The Morgan fingerprint density at radius 2 is 1.38 bits per heavy atom. The number of aromatic nitrogens is 4. The lowest BCUT2D eigenvalue weighted by molar-refractivity contribution is -0.782. The van der Waals surface area contributed by atoms with E-state index in [2.05, 4.69) is 19.6 Å². The highest BCUT2D eigenvalue weighted by atomic mass is 16.8. The van der Waals surface area contributed by atoms with Crippen LogP contribution in [-0.4, -0.2) is 24.5 Å². The maximum atomic E-state index is 10.9. The van der Waals surface area contributed by atoms with Crippen molar-refractivity contribution in [2.24, 2.45) is 0 Å². The van der Waals surface area contributed by atoms with Crippen molar-refractivity contribution in [2.45, 2.75) is 0 Å². The Morgan fingerprint density at radius 3 is 2.08 bits per heavy atom. The molecule has 0 radical (unpaired) electrons. The van der Waals surface area contributed by atoms with E-state index in [9.17, 15) is 10.4 Å². The van der Waals surface area contributed by atoms with Crippen LogP contribution in [0.5, 0.6) is 11.5 Å². The van der Waals surface area contributed by atoms with Gasteiger partial charge in [-0.1, -0.05) is 0 Å². The van der Waals surface area contributed by atoms with Crippen molar-refractivity contribution >= 4 is 22.1 Å². The molecule has 4 aromatic rings. The normalized spacial score (nSPS) is 10.4. The summed E-state index contributed by atoms with van der Waals surface area (Å²) in [7, 11) is 3.08. The average molecular weight is 332 g/mol. The van der Waals surface area contributed by atoms with Crippen molar-refractivity contribution < 1.29 is 28.5 Å². The van der Waals surface area contributed by atoms with E-state index >= 15 is 0 Å². The summed E-state index contributed by atoms with van der Waals surface area (Å²) in [5, 5.41) is 28.7. The number of nitrogens with zero attached hydrogens (tertiary/aromatic N) is 4. The van der Waals surface area contributed by atoms with Crippen molar-refractivity contribution in [3.05, 3.63) is 46.8 Å². The van der Waals surface area contributed by atoms with Gasteiger partial charge in [-0.2, -0.15) is 0 Å². The zero-order chi connectivity index (χ0) is 17.1. The smallest absolute Gasteiger partial charge is 0.252 e. The minimum Gasteiger partial charge on any atom is -0.497 e. The zero-order valence-electron chi connectivity index (χ0n) is 12.7. The minimum atomic E-state index is 0.345. The molecule has 0 unspecified atom stereocenters. The molecule has 0 N–H and O–H groups in total. The molecular formula is C14H12N4O6. The summed E-state index contributed by atoms with van der Waals surface area (Å²) in [5.74, 6) is 1.26. The van der Waals surface area contributed by atoms with Crippen molar-refractivity contribution in [1.29, 1.82) is 0 Å². The van der Waals surface area contributed by atoms with E-state index in [0.717, 1.165) is 0 Å². The molecule has 4 rings (SSSR count). The highest BCUT2D eigenvalue weighted by molar-refractivity contribution is 5.72. The summed E-state index contributed by atoms with van der Waals surface area (Å²) in [6.45, 7) is 0. The van der Waals surface area contributed by atoms with Gasteiger partial charge in [-0.15, -0.1) is 0 Å². The quantitative estimate of drug-likeness (QED) is 0.497. The van der Waals surface area contributed by atoms with Gasteiger partial charge in [0, 0.05) is 22.4 Å². The maximum Gasteiger partial charge on any atom is 0.252 e. The van der Waals surface area contributed by atoms with Gasteiger partial charge in [-0.05, 0) is 34.1 Å². The fraction of sp³-hybridized carbons (Fsp3) is 0.143. The summed E-state index contributed by atoms with van der Waals surface area (Å²) >= 11 is 0. The van der Waals surface area contributed by atoms with E-state index in [1.807, 2.05) is 0 Å². The lowest BCUT2D eigenvalue weighted by atomic mass is 10.3. The Labute approximate surface area is 134 Å². The summed E-state index contributed by atoms with van der Waals surface area (Å²) in [5.41, 5.74) is 1.78. The van der Waals surface area contributed by atoms with Crippen molar-refractivity contribution in [3.63, 3.8) is 0 Å². The molecule has 10 heteroatoms. The van der Waals surface area contributed by atoms with Crippen LogP contribution in [0.3, 0.4) is 0 Å². The minimum absolute atomic E-state index is 0.345. The Kier molecular flexibility index (Phi) is 4.01. The number of fused-ring (bicyclic) bond motifs is 2. The topological polar surface area (TPSA) is 124 Å². The maximum absolute atomic E-state index is 10.9. The van der Waals surface area contributed by atoms with Gasteiger partial charge >= 0.3 is 0 Å². The van der Waals surface area contributed by atoms with Crippen LogP contribution in [0.15, 0.2) is 45.7 Å². The van der Waals surface area contributed by atoms with Crippen molar-refractivity contribution in [1.82, 2.24) is 10.3 Å². The average Bonchev–Trinajstić information content (AvgIpc) is 3.18. The summed E-state index contributed by atoms with van der Waals surface area (Å²) in [4.78, 5) is 0.701. The second kappa shape index (κ2) is 6.28. The molecule has 2 heterocycles. The molecule has 2 aromatic carbocycles. The lowest BCUT2D eigenvalue weighted by Crippen LogP contribution is -2.22. The second-order valence-corrected chi connectivity index (χ2v) is 4.57. The zero-order valence-corrected chi connectivity index (χ0v) is 12.7. The van der Waals surface area contributed by atoms with Crippen LogP contribution in [0.2, 0.25) is 0 Å². The second-order valence-electron chi connectivity index (χ2n) is 4.57. The van der Waals surface area contributed by atoms with Gasteiger partial charge in [0.25, 0.3) is 5.52 Å². The van der Waals surface area contributed by atoms with Crippen LogP contribution in [0.4, 0.5) is 0 Å². The van der Waals surface area contributed by atoms with Gasteiger partial charge in [0.15, 0.2) is 0 Å². The molecule has 10 nitrogen and oxygen atoms in total. The third-order valence-corrected chi connectivity index (χ3v) is 3.19. The summed E-state index contributed by atoms with van der Waals surface area (Å²) < 4.78 is 18.6. The lowest BCUT2D eigenvalue weighted by Gasteiger charge is -1.95. The van der Waals surface area contributed by atoms with Crippen molar-refractivity contribution in [3.8, 4) is 11.5 Å². The molecular weight excluding hydrogens is 320 g/mol. The highest BCUT2D eigenvalue weighted by Crippen LogP contribution is 2.16. The van der Waals surface area contributed by atoms with Crippen molar-refractivity contribution in [2.75, 3.05) is 14.2 Å². The number of benzene rings is 2. The van der Waals surface area contributed by atoms with Gasteiger partial charge in [0.1, 0.15) is 11.5 Å². The number of ether oxygens (including phenoxy) is 2. The van der Waals surface area contributed by atoms with Crippen LogP contribution < -0.4 is 19.3 Å². The molecule has 0 bridgehead atoms. The van der Waals surface area contributed by atoms with Gasteiger partial charge in [-0.3, -0.25) is 9.26 Å². The number of hydrogen-bond acceptors (Lipinski definition) is 8. The Balaban J connectivity index is 0.000000141. The van der Waals surface area contributed by atoms with Crippen LogP contribution in [0.1, 0.15) is 0 Å². The van der Waals surface area contributed by atoms with E-state index in [1.54, 1.807) is 43.5 Å². The van der Waals surface area contributed by atoms with Crippen LogP contribution in [0.25, 0.3) is 22.1 Å². The summed E-state index contributed by atoms with van der Waals surface area (Å²) in [6.07, 6.45) is 0. The monoisotopic (exact) mass is 332 g/mol. The van der Waals surface area contributed by atoms with Gasteiger partial charge in [0.2, 0.25) is 16.6 Å². The fourth-order valence-corrected chi connectivity index (χ4v) is 1.96. The van der Waals surface area contributed by atoms with Crippen LogP contribution >= 0.6 is 0 Å². The molecule has 0 spiro atoms. The molecule has 124 valence electrons. The molecule has 24 heavy (non-hydrogen) atoms. The van der Waals surface area contributed by atoms with E-state index < -0.39 is 0 Å². The third kappa shape index (κ3) is 2.84. The Hall–Kier alpha value is -3.56. The van der Waals surface area contributed by atoms with Gasteiger partial charge in [-0.25, -0.2) is 0 Å². The Bertz CT molecular complexity index is 980. The standard InChI is InChI=1S/2C7H6N2O3/c1-11-5-2-3-7-6(4-5)8-12-9(7)10;1-11-5-2-3-6-7(4-5)9(10)12-8-6/h2*2-4H,1H3. The molecule has 0 amide bonds. The summed E-state index contributed by atoms with van der Waals surface area (Å²) in [6, 6.07) is 9.84. The first-order valence-corrected chi connectivity index (χ1v) is 6.69. The van der Waals surface area contributed by atoms with E-state index in [-0.39, 0.29) is 0 Å². The molecule has 0 saturated heterocycles. The van der Waals surface area contributed by atoms with Crippen LogP contribution in [0, 0.1) is 10.4 Å². The third-order valence-electron chi connectivity index (χ3n) is 3.19. The number of methoxy groups -OCH3 is 2. The molecule has 2 aromatic heterocycles. The van der Waals surface area contributed by atoms with Gasteiger partial charge < -0.3 is 19.9 Å². The molecule has 0 fully saturated rings. The predicted molar refractivity (Wildman–Crippen MR) is 79.0 cm³/mol. The number of rotatable bonds is 2. The largest absolute Gasteiger partial charge is 0.497 e. The first-order chi connectivity index (χ1) is 11.6. The van der Waals surface area contributed by atoms with Crippen LogP contribution in [-0.2, 0) is 0 Å². The van der Waals surface area contributed by atoms with E-state index in [0.29, 0.717) is 43.4 Å². The number of hydrogen-bond donors (Lipinski definition) is 0. The first-order valence-electron chi connectivity index (χ1n) is 6.69. The highest BCUT2D eigenvalue weighted by Gasteiger charge is 2.09. The van der Waals surface area contributed by atoms with E-state index in [1.165, 1.54) is 7.11 Å². The molecule has 0 saturated carbocycles. The first kappa shape index (κ1) is 15.3. The Morgan fingerprint density at radius 1 is 0.792 bits per heavy atom.